The Morgan fingerprint density at radius 1 is 0.810 bits per heavy atom. The molecule has 0 aromatic heterocycles. The molecule has 0 atom stereocenters. The van der Waals surface area contributed by atoms with Crippen LogP contribution >= 0.6 is 0 Å². The molecule has 0 aliphatic heterocycles. The fourth-order valence-corrected chi connectivity index (χ4v) is 3.11. The highest BCUT2D eigenvalue weighted by molar-refractivity contribution is 5.84. The first-order valence-corrected chi connectivity index (χ1v) is 7.55. The number of carbonyl (C=O) groups excluding carboxylic acids is 1. The minimum atomic E-state index is -0.922. The SMILES string of the molecule is CC(C)(C)CC(C)(C)NC(=O)C(C)(C)CC(C)(C)C(=O)O. The summed E-state index contributed by atoms with van der Waals surface area (Å²) in [4.78, 5) is 23.8. The minimum absolute atomic E-state index is 0.0916. The molecule has 4 nitrogen and oxygen atoms in total. The Hall–Kier alpha value is -1.06. The third-order valence-corrected chi connectivity index (χ3v) is 3.50. The Morgan fingerprint density at radius 3 is 1.57 bits per heavy atom. The number of aliphatic carboxylic acids is 1. The van der Waals surface area contributed by atoms with Crippen molar-refractivity contribution >= 4 is 11.9 Å². The number of hydrogen-bond donors (Lipinski definition) is 2. The number of carbonyl (C=O) groups is 2. The first-order valence-electron chi connectivity index (χ1n) is 7.55. The second kappa shape index (κ2) is 5.98. The first-order chi connectivity index (χ1) is 8.99. The second-order valence-corrected chi connectivity index (χ2v) is 9.33. The van der Waals surface area contributed by atoms with Gasteiger partial charge in [0.25, 0.3) is 0 Å². The largest absolute Gasteiger partial charge is 0.481 e. The van der Waals surface area contributed by atoms with Gasteiger partial charge in [0.1, 0.15) is 0 Å². The van der Waals surface area contributed by atoms with E-state index in [0.29, 0.717) is 6.42 Å². The summed E-state index contributed by atoms with van der Waals surface area (Å²) < 4.78 is 0. The fourth-order valence-electron chi connectivity index (χ4n) is 3.11. The molecule has 0 aromatic carbocycles. The maximum Gasteiger partial charge on any atom is 0.309 e. The van der Waals surface area contributed by atoms with E-state index in [2.05, 4.69) is 26.1 Å². The summed E-state index contributed by atoms with van der Waals surface area (Å²) in [5.41, 5.74) is -1.85. The monoisotopic (exact) mass is 299 g/mol. The number of carboxylic acids is 1. The molecule has 0 unspecified atom stereocenters. The number of carboxylic acid groups (broad SMARTS) is 1. The lowest BCUT2D eigenvalue weighted by Gasteiger charge is -2.38. The Morgan fingerprint density at radius 2 is 1.24 bits per heavy atom. The molecule has 0 aromatic rings. The summed E-state index contributed by atoms with van der Waals surface area (Å²) in [5, 5.41) is 12.3. The standard InChI is InChI=1S/C17H33NO3/c1-14(2,3)10-17(8,9)18-12(19)15(4,5)11-16(6,7)13(20)21/h10-11H2,1-9H3,(H,18,19)(H,20,21). The van der Waals surface area contributed by atoms with Crippen LogP contribution in [-0.2, 0) is 9.59 Å². The highest BCUT2D eigenvalue weighted by Gasteiger charge is 2.40. The third kappa shape index (κ3) is 6.96. The zero-order chi connectivity index (χ0) is 17.3. The van der Waals surface area contributed by atoms with Crippen molar-refractivity contribution in [3.05, 3.63) is 0 Å². The van der Waals surface area contributed by atoms with Gasteiger partial charge in [0.15, 0.2) is 0 Å². The van der Waals surface area contributed by atoms with Crippen LogP contribution in [0.3, 0.4) is 0 Å². The van der Waals surface area contributed by atoms with E-state index >= 15 is 0 Å². The molecule has 0 heterocycles. The van der Waals surface area contributed by atoms with Crippen molar-refractivity contribution in [3.63, 3.8) is 0 Å². The van der Waals surface area contributed by atoms with Gasteiger partial charge >= 0.3 is 5.97 Å². The highest BCUT2D eigenvalue weighted by Crippen LogP contribution is 2.35. The van der Waals surface area contributed by atoms with Crippen molar-refractivity contribution in [1.82, 2.24) is 5.32 Å². The number of amides is 1. The Labute approximate surface area is 129 Å². The lowest BCUT2D eigenvalue weighted by atomic mass is 9.73. The van der Waals surface area contributed by atoms with Crippen LogP contribution in [0.2, 0.25) is 0 Å². The lowest BCUT2D eigenvalue weighted by Crippen LogP contribution is -2.51. The minimum Gasteiger partial charge on any atom is -0.481 e. The third-order valence-electron chi connectivity index (χ3n) is 3.50. The van der Waals surface area contributed by atoms with Crippen molar-refractivity contribution in [2.45, 2.75) is 80.7 Å². The molecular formula is C17H33NO3. The number of rotatable bonds is 6. The van der Waals surface area contributed by atoms with Crippen LogP contribution in [0.1, 0.15) is 75.2 Å². The van der Waals surface area contributed by atoms with Gasteiger partial charge in [0.05, 0.1) is 5.41 Å². The molecule has 0 aliphatic rings. The van der Waals surface area contributed by atoms with E-state index in [1.807, 2.05) is 13.8 Å². The topological polar surface area (TPSA) is 66.4 Å². The van der Waals surface area contributed by atoms with E-state index in [1.54, 1.807) is 27.7 Å². The molecule has 0 spiro atoms. The zero-order valence-electron chi connectivity index (χ0n) is 15.2. The average Bonchev–Trinajstić information content (AvgIpc) is 2.09. The Balaban J connectivity index is 4.96. The number of hydrogen-bond acceptors (Lipinski definition) is 2. The van der Waals surface area contributed by atoms with Crippen molar-refractivity contribution in [3.8, 4) is 0 Å². The summed E-state index contributed by atoms with van der Waals surface area (Å²) in [6.07, 6.45) is 1.15. The molecule has 0 saturated carbocycles. The van der Waals surface area contributed by atoms with E-state index in [1.165, 1.54) is 0 Å². The summed E-state index contributed by atoms with van der Waals surface area (Å²) >= 11 is 0. The predicted octanol–water partition coefficient (Wildman–Crippen LogP) is 3.84. The van der Waals surface area contributed by atoms with E-state index in [4.69, 9.17) is 0 Å². The fraction of sp³-hybridized carbons (Fsp3) is 0.882. The molecule has 0 fully saturated rings. The predicted molar refractivity (Wildman–Crippen MR) is 86.1 cm³/mol. The van der Waals surface area contributed by atoms with E-state index in [-0.39, 0.29) is 16.9 Å². The molecule has 124 valence electrons. The molecule has 0 radical (unpaired) electrons. The molecule has 1 amide bonds. The van der Waals surface area contributed by atoms with Crippen LogP contribution in [0.25, 0.3) is 0 Å². The summed E-state index contributed by atoms with van der Waals surface area (Å²) in [7, 11) is 0. The molecular weight excluding hydrogens is 266 g/mol. The molecule has 0 rings (SSSR count). The van der Waals surface area contributed by atoms with Gasteiger partial charge < -0.3 is 10.4 Å². The van der Waals surface area contributed by atoms with Crippen LogP contribution in [-0.4, -0.2) is 22.5 Å². The van der Waals surface area contributed by atoms with Crippen molar-refractivity contribution < 1.29 is 14.7 Å². The van der Waals surface area contributed by atoms with Crippen LogP contribution in [0.5, 0.6) is 0 Å². The van der Waals surface area contributed by atoms with E-state index in [9.17, 15) is 14.7 Å². The summed E-state index contributed by atoms with van der Waals surface area (Å²) in [6, 6.07) is 0. The maximum absolute atomic E-state index is 12.6. The molecule has 0 bridgehead atoms. The maximum atomic E-state index is 12.6. The Bertz CT molecular complexity index is 401. The van der Waals surface area contributed by atoms with E-state index in [0.717, 1.165) is 6.42 Å². The van der Waals surface area contributed by atoms with Crippen LogP contribution in [0, 0.1) is 16.2 Å². The van der Waals surface area contributed by atoms with Gasteiger partial charge in [0.2, 0.25) is 5.91 Å². The normalized spacial score (nSPS) is 14.0. The summed E-state index contributed by atoms with van der Waals surface area (Å²) in [6.45, 7) is 17.4. The molecule has 21 heavy (non-hydrogen) atoms. The van der Waals surface area contributed by atoms with Gasteiger partial charge in [-0.15, -0.1) is 0 Å². The van der Waals surface area contributed by atoms with Gasteiger partial charge in [-0.3, -0.25) is 9.59 Å². The van der Waals surface area contributed by atoms with Gasteiger partial charge in [-0.2, -0.15) is 0 Å². The highest BCUT2D eigenvalue weighted by atomic mass is 16.4. The van der Waals surface area contributed by atoms with Crippen LogP contribution in [0.4, 0.5) is 0 Å². The molecule has 0 aliphatic carbocycles. The number of nitrogens with one attached hydrogen (secondary N) is 1. The zero-order valence-corrected chi connectivity index (χ0v) is 15.2. The lowest BCUT2D eigenvalue weighted by molar-refractivity contribution is -0.150. The quantitative estimate of drug-likeness (QED) is 0.783. The van der Waals surface area contributed by atoms with Gasteiger partial charge in [-0.1, -0.05) is 34.6 Å². The molecule has 0 saturated heterocycles. The molecule has 2 N–H and O–H groups in total. The molecule has 4 heteroatoms. The van der Waals surface area contributed by atoms with Gasteiger partial charge in [-0.05, 0) is 46.0 Å². The van der Waals surface area contributed by atoms with Crippen molar-refractivity contribution in [2.24, 2.45) is 16.2 Å². The Kier molecular flexibility index (Phi) is 5.67. The van der Waals surface area contributed by atoms with E-state index < -0.39 is 16.8 Å². The van der Waals surface area contributed by atoms with Crippen molar-refractivity contribution in [2.75, 3.05) is 0 Å². The smallest absolute Gasteiger partial charge is 0.309 e. The first kappa shape index (κ1) is 19.9. The average molecular weight is 299 g/mol. The van der Waals surface area contributed by atoms with Gasteiger partial charge in [-0.25, -0.2) is 0 Å². The van der Waals surface area contributed by atoms with Crippen LogP contribution < -0.4 is 5.32 Å². The van der Waals surface area contributed by atoms with Crippen molar-refractivity contribution in [1.29, 1.82) is 0 Å². The van der Waals surface area contributed by atoms with Crippen LogP contribution in [0.15, 0.2) is 0 Å². The summed E-state index contributed by atoms with van der Waals surface area (Å²) in [5.74, 6) is -0.969. The van der Waals surface area contributed by atoms with Gasteiger partial charge in [0, 0.05) is 11.0 Å². The second-order valence-electron chi connectivity index (χ2n) is 9.33.